The molecule has 0 spiro atoms. The average Bonchev–Trinajstić information content (AvgIpc) is 2.87. The minimum absolute atomic E-state index is 0.0252. The molecule has 1 atom stereocenters. The maximum Gasteiger partial charge on any atom is 0.267 e. The second kappa shape index (κ2) is 6.93. The second-order valence-corrected chi connectivity index (χ2v) is 8.06. The van der Waals surface area contributed by atoms with Crippen LogP contribution in [-0.2, 0) is 14.6 Å². The SMILES string of the molecule is Cc1cc(O)ccc1NC(=O)/C(C#N)=C\N(C)C1CCS(=O)(=O)C1. The summed E-state index contributed by atoms with van der Waals surface area (Å²) in [6, 6.07) is 6.09. The maximum absolute atomic E-state index is 12.2. The number of nitriles is 1. The van der Waals surface area contributed by atoms with Crippen molar-refractivity contribution in [1.82, 2.24) is 4.90 Å². The number of hydrogen-bond acceptors (Lipinski definition) is 6. The van der Waals surface area contributed by atoms with Gasteiger partial charge in [-0.25, -0.2) is 8.42 Å². The van der Waals surface area contributed by atoms with E-state index in [9.17, 15) is 23.6 Å². The van der Waals surface area contributed by atoms with Crippen molar-refractivity contribution >= 4 is 21.4 Å². The molecule has 0 bridgehead atoms. The Balaban J connectivity index is 2.12. The Hall–Kier alpha value is -2.53. The van der Waals surface area contributed by atoms with Gasteiger partial charge in [0, 0.05) is 25.0 Å². The molecule has 24 heavy (non-hydrogen) atoms. The van der Waals surface area contributed by atoms with E-state index in [0.717, 1.165) is 0 Å². The number of sulfone groups is 1. The van der Waals surface area contributed by atoms with Gasteiger partial charge in [0.2, 0.25) is 0 Å². The van der Waals surface area contributed by atoms with Gasteiger partial charge in [0.1, 0.15) is 17.4 Å². The van der Waals surface area contributed by atoms with Gasteiger partial charge in [0.05, 0.1) is 11.5 Å². The smallest absolute Gasteiger partial charge is 0.267 e. The fourth-order valence-corrected chi connectivity index (χ4v) is 4.31. The highest BCUT2D eigenvalue weighted by Crippen LogP contribution is 2.21. The number of rotatable bonds is 4. The van der Waals surface area contributed by atoms with Crippen LogP contribution in [0.15, 0.2) is 30.0 Å². The van der Waals surface area contributed by atoms with Crippen LogP contribution in [-0.4, -0.2) is 48.9 Å². The number of benzene rings is 1. The van der Waals surface area contributed by atoms with E-state index in [0.29, 0.717) is 17.7 Å². The monoisotopic (exact) mass is 349 g/mol. The van der Waals surface area contributed by atoms with E-state index in [1.807, 2.05) is 6.07 Å². The van der Waals surface area contributed by atoms with Gasteiger partial charge in [0.15, 0.2) is 9.84 Å². The van der Waals surface area contributed by atoms with E-state index < -0.39 is 15.7 Å². The lowest BCUT2D eigenvalue weighted by Gasteiger charge is -2.21. The van der Waals surface area contributed by atoms with Gasteiger partial charge in [-0.3, -0.25) is 4.79 Å². The molecule has 7 nitrogen and oxygen atoms in total. The van der Waals surface area contributed by atoms with Crippen LogP contribution in [0.2, 0.25) is 0 Å². The Kier molecular flexibility index (Phi) is 5.14. The van der Waals surface area contributed by atoms with Crippen LogP contribution in [0.3, 0.4) is 0 Å². The molecule has 1 aliphatic heterocycles. The Morgan fingerprint density at radius 2 is 2.21 bits per heavy atom. The zero-order valence-corrected chi connectivity index (χ0v) is 14.3. The number of anilines is 1. The molecular formula is C16H19N3O4S. The van der Waals surface area contributed by atoms with Gasteiger partial charge in [-0.2, -0.15) is 5.26 Å². The van der Waals surface area contributed by atoms with Gasteiger partial charge in [-0.1, -0.05) is 0 Å². The van der Waals surface area contributed by atoms with Crippen LogP contribution in [0.5, 0.6) is 5.75 Å². The molecule has 0 saturated carbocycles. The van der Waals surface area contributed by atoms with Crippen molar-refractivity contribution in [3.63, 3.8) is 0 Å². The average molecular weight is 349 g/mol. The minimum atomic E-state index is -3.04. The van der Waals surface area contributed by atoms with E-state index in [4.69, 9.17) is 0 Å². The number of aryl methyl sites for hydroxylation is 1. The van der Waals surface area contributed by atoms with Crippen molar-refractivity contribution in [1.29, 1.82) is 5.26 Å². The Morgan fingerprint density at radius 3 is 2.75 bits per heavy atom. The number of carbonyl (C=O) groups is 1. The normalized spacial score (nSPS) is 19.5. The third-order valence-corrected chi connectivity index (χ3v) is 5.69. The molecule has 1 heterocycles. The Morgan fingerprint density at radius 1 is 1.50 bits per heavy atom. The van der Waals surface area contributed by atoms with Crippen molar-refractivity contribution in [3.8, 4) is 11.8 Å². The van der Waals surface area contributed by atoms with E-state index in [2.05, 4.69) is 5.32 Å². The molecule has 2 N–H and O–H groups in total. The van der Waals surface area contributed by atoms with Crippen molar-refractivity contribution in [2.45, 2.75) is 19.4 Å². The van der Waals surface area contributed by atoms with Crippen LogP contribution < -0.4 is 5.32 Å². The molecular weight excluding hydrogens is 330 g/mol. The Bertz CT molecular complexity index is 824. The lowest BCUT2D eigenvalue weighted by atomic mass is 10.1. The highest BCUT2D eigenvalue weighted by Gasteiger charge is 2.30. The van der Waals surface area contributed by atoms with Crippen molar-refractivity contribution in [2.24, 2.45) is 0 Å². The van der Waals surface area contributed by atoms with Crippen LogP contribution in [0, 0.1) is 18.3 Å². The number of phenolic OH excluding ortho intramolecular Hbond substituents is 1. The maximum atomic E-state index is 12.2. The van der Waals surface area contributed by atoms with Gasteiger partial charge in [-0.05, 0) is 37.1 Å². The number of phenols is 1. The van der Waals surface area contributed by atoms with Gasteiger partial charge in [-0.15, -0.1) is 0 Å². The molecule has 0 aliphatic carbocycles. The largest absolute Gasteiger partial charge is 0.508 e. The first-order valence-electron chi connectivity index (χ1n) is 7.37. The summed E-state index contributed by atoms with van der Waals surface area (Å²) in [5.74, 6) is -0.351. The van der Waals surface area contributed by atoms with Crippen molar-refractivity contribution in [2.75, 3.05) is 23.9 Å². The molecule has 1 aliphatic rings. The highest BCUT2D eigenvalue weighted by molar-refractivity contribution is 7.91. The predicted octanol–water partition coefficient (Wildman–Crippen LogP) is 1.17. The lowest BCUT2D eigenvalue weighted by Crippen LogP contribution is -2.29. The standard InChI is InChI=1S/C16H19N3O4S/c1-11-7-14(20)3-4-15(11)18-16(21)12(8-17)9-19(2)13-5-6-24(22,23)10-13/h3-4,7,9,13,20H,5-6,10H2,1-2H3,(H,18,21)/b12-9-. The summed E-state index contributed by atoms with van der Waals surface area (Å²) in [6.07, 6.45) is 1.85. The van der Waals surface area contributed by atoms with Crippen LogP contribution >= 0.6 is 0 Å². The molecule has 0 aromatic heterocycles. The molecule has 8 heteroatoms. The van der Waals surface area contributed by atoms with Crippen LogP contribution in [0.4, 0.5) is 5.69 Å². The number of nitrogens with zero attached hydrogens (tertiary/aromatic N) is 2. The summed E-state index contributed by atoms with van der Waals surface area (Å²) in [5.41, 5.74) is 1.04. The predicted molar refractivity (Wildman–Crippen MR) is 90.0 cm³/mol. The molecule has 1 aromatic rings. The summed E-state index contributed by atoms with van der Waals surface area (Å²) in [4.78, 5) is 13.9. The fourth-order valence-electron chi connectivity index (χ4n) is 2.52. The second-order valence-electron chi connectivity index (χ2n) is 5.83. The summed E-state index contributed by atoms with van der Waals surface area (Å²) in [7, 11) is -1.38. The zero-order chi connectivity index (χ0) is 17.9. The van der Waals surface area contributed by atoms with E-state index in [1.54, 1.807) is 24.9 Å². The van der Waals surface area contributed by atoms with Crippen LogP contribution in [0.25, 0.3) is 0 Å². The quantitative estimate of drug-likeness (QED) is 0.479. The van der Waals surface area contributed by atoms with Crippen molar-refractivity contribution in [3.05, 3.63) is 35.5 Å². The number of aromatic hydroxyl groups is 1. The number of amides is 1. The van der Waals surface area contributed by atoms with Crippen molar-refractivity contribution < 1.29 is 18.3 Å². The van der Waals surface area contributed by atoms with E-state index in [1.165, 1.54) is 18.3 Å². The highest BCUT2D eigenvalue weighted by atomic mass is 32.2. The van der Waals surface area contributed by atoms with E-state index in [-0.39, 0.29) is 28.9 Å². The third-order valence-electron chi connectivity index (χ3n) is 3.94. The summed E-state index contributed by atoms with van der Waals surface area (Å²) in [6.45, 7) is 1.72. The first-order chi connectivity index (χ1) is 11.2. The topological polar surface area (TPSA) is 110 Å². The molecule has 0 radical (unpaired) electrons. The number of hydrogen-bond donors (Lipinski definition) is 2. The molecule has 1 saturated heterocycles. The van der Waals surface area contributed by atoms with Gasteiger partial charge < -0.3 is 15.3 Å². The summed E-state index contributed by atoms with van der Waals surface area (Å²) >= 11 is 0. The first kappa shape index (κ1) is 17.8. The third kappa shape index (κ3) is 4.26. The van der Waals surface area contributed by atoms with Crippen LogP contribution in [0.1, 0.15) is 12.0 Å². The molecule has 1 amide bonds. The lowest BCUT2D eigenvalue weighted by molar-refractivity contribution is -0.112. The fraction of sp³-hybridized carbons (Fsp3) is 0.375. The summed E-state index contributed by atoms with van der Waals surface area (Å²) < 4.78 is 23.1. The minimum Gasteiger partial charge on any atom is -0.508 e. The number of carbonyl (C=O) groups excluding carboxylic acids is 1. The van der Waals surface area contributed by atoms with E-state index >= 15 is 0 Å². The zero-order valence-electron chi connectivity index (χ0n) is 13.5. The number of nitrogens with one attached hydrogen (secondary N) is 1. The molecule has 2 rings (SSSR count). The van der Waals surface area contributed by atoms with Gasteiger partial charge >= 0.3 is 0 Å². The Labute approximate surface area is 141 Å². The first-order valence-corrected chi connectivity index (χ1v) is 9.19. The molecule has 1 fully saturated rings. The summed E-state index contributed by atoms with van der Waals surface area (Å²) in [5, 5.41) is 21.2. The van der Waals surface area contributed by atoms with Gasteiger partial charge in [0.25, 0.3) is 5.91 Å². The molecule has 128 valence electrons. The molecule has 1 aromatic carbocycles. The molecule has 1 unspecified atom stereocenters.